The Balaban J connectivity index is 1.85. The fraction of sp³-hybridized carbons (Fsp3) is 0.375. The van der Waals surface area contributed by atoms with Crippen molar-refractivity contribution >= 4 is 27.3 Å². The molecular formula is C16H19BrO2S. The maximum Gasteiger partial charge on any atom is 0.0885 e. The van der Waals surface area contributed by atoms with Crippen molar-refractivity contribution in [2.75, 3.05) is 5.33 Å². The number of aliphatic hydroxyl groups excluding tert-OH is 1. The van der Waals surface area contributed by atoms with Crippen LogP contribution in [0.1, 0.15) is 34.9 Å². The zero-order chi connectivity index (χ0) is 14.2. The fourth-order valence-electron chi connectivity index (χ4n) is 2.01. The number of hydrogen-bond acceptors (Lipinski definition) is 3. The second-order valence-corrected chi connectivity index (χ2v) is 6.38. The molecule has 1 heterocycles. The van der Waals surface area contributed by atoms with E-state index >= 15 is 0 Å². The van der Waals surface area contributed by atoms with Crippen molar-refractivity contribution in [3.63, 3.8) is 0 Å². The molecule has 1 atom stereocenters. The van der Waals surface area contributed by atoms with Crippen LogP contribution in [0, 0.1) is 0 Å². The maximum atomic E-state index is 10.2. The van der Waals surface area contributed by atoms with E-state index in [-0.39, 0.29) is 6.10 Å². The third-order valence-corrected chi connectivity index (χ3v) is 4.68. The Morgan fingerprint density at radius 3 is 2.70 bits per heavy atom. The number of halogens is 1. The lowest BCUT2D eigenvalue weighted by molar-refractivity contribution is 0.103. The summed E-state index contributed by atoms with van der Waals surface area (Å²) in [7, 11) is 0. The van der Waals surface area contributed by atoms with E-state index in [0.717, 1.165) is 28.6 Å². The van der Waals surface area contributed by atoms with E-state index in [2.05, 4.69) is 28.1 Å². The van der Waals surface area contributed by atoms with Gasteiger partial charge in [0, 0.05) is 10.2 Å². The van der Waals surface area contributed by atoms with Crippen molar-refractivity contribution in [2.24, 2.45) is 0 Å². The quantitative estimate of drug-likeness (QED) is 0.697. The summed E-state index contributed by atoms with van der Waals surface area (Å²) < 4.78 is 5.75. The van der Waals surface area contributed by atoms with Gasteiger partial charge in [-0.05, 0) is 35.4 Å². The highest BCUT2D eigenvalue weighted by Gasteiger charge is 2.13. The first-order valence-corrected chi connectivity index (χ1v) is 8.73. The molecule has 108 valence electrons. The number of alkyl halides is 1. The zero-order valence-corrected chi connectivity index (χ0v) is 13.7. The van der Waals surface area contributed by atoms with Crippen LogP contribution < -0.4 is 0 Å². The molecule has 0 aliphatic carbocycles. The largest absolute Gasteiger partial charge is 0.388 e. The third-order valence-electron chi connectivity index (χ3n) is 3.06. The van der Waals surface area contributed by atoms with Gasteiger partial charge in [-0.1, -0.05) is 46.3 Å². The lowest BCUT2D eigenvalue weighted by Gasteiger charge is -2.11. The molecule has 0 bridgehead atoms. The van der Waals surface area contributed by atoms with Crippen molar-refractivity contribution in [2.45, 2.75) is 32.2 Å². The van der Waals surface area contributed by atoms with Crippen molar-refractivity contribution < 1.29 is 9.84 Å². The van der Waals surface area contributed by atoms with Crippen LogP contribution in [0.4, 0.5) is 0 Å². The van der Waals surface area contributed by atoms with Crippen LogP contribution in [0.3, 0.4) is 0 Å². The average molecular weight is 355 g/mol. The number of benzene rings is 1. The Morgan fingerprint density at radius 1 is 1.15 bits per heavy atom. The molecule has 0 aliphatic rings. The Bertz CT molecular complexity index is 498. The molecule has 1 aromatic heterocycles. The molecule has 1 N–H and O–H groups in total. The Hall–Kier alpha value is -0.680. The highest BCUT2D eigenvalue weighted by molar-refractivity contribution is 9.09. The Labute approximate surface area is 132 Å². The molecule has 2 aromatic rings. The minimum atomic E-state index is -0.372. The van der Waals surface area contributed by atoms with Gasteiger partial charge in [0.2, 0.25) is 0 Å². The van der Waals surface area contributed by atoms with Crippen LogP contribution in [0.2, 0.25) is 0 Å². The average Bonchev–Trinajstić information content (AvgIpc) is 2.94. The normalized spacial score (nSPS) is 12.5. The Kier molecular flexibility index (Phi) is 6.73. The van der Waals surface area contributed by atoms with Gasteiger partial charge in [-0.3, -0.25) is 0 Å². The topological polar surface area (TPSA) is 29.5 Å². The molecule has 1 aromatic carbocycles. The monoisotopic (exact) mass is 354 g/mol. The second-order valence-electron chi connectivity index (χ2n) is 4.64. The van der Waals surface area contributed by atoms with Crippen LogP contribution in [0.15, 0.2) is 41.8 Å². The van der Waals surface area contributed by atoms with Crippen molar-refractivity contribution in [1.29, 1.82) is 0 Å². The van der Waals surface area contributed by atoms with Gasteiger partial charge in [-0.15, -0.1) is 11.3 Å². The van der Waals surface area contributed by atoms with E-state index in [4.69, 9.17) is 4.74 Å². The number of rotatable bonds is 8. The molecule has 0 radical (unpaired) electrons. The van der Waals surface area contributed by atoms with E-state index in [1.54, 1.807) is 11.3 Å². The molecule has 0 spiro atoms. The summed E-state index contributed by atoms with van der Waals surface area (Å²) >= 11 is 5.00. The molecule has 1 unspecified atom stereocenters. The molecular weight excluding hydrogens is 336 g/mol. The van der Waals surface area contributed by atoms with Crippen LogP contribution in [-0.4, -0.2) is 10.4 Å². The van der Waals surface area contributed by atoms with Gasteiger partial charge in [-0.2, -0.15) is 0 Å². The standard InChI is InChI=1S/C16H19BrO2S/c17-9-4-7-15(18)16-14(8-10-20-16)12-19-11-13-5-2-1-3-6-13/h1-3,5-6,8,10,15,18H,4,7,9,11-12H2. The molecule has 0 aliphatic heterocycles. The smallest absolute Gasteiger partial charge is 0.0885 e. The van der Waals surface area contributed by atoms with Crippen LogP contribution >= 0.6 is 27.3 Å². The fourth-order valence-corrected chi connectivity index (χ4v) is 3.27. The van der Waals surface area contributed by atoms with Crippen LogP contribution in [-0.2, 0) is 18.0 Å². The van der Waals surface area contributed by atoms with E-state index < -0.39 is 0 Å². The molecule has 0 saturated carbocycles. The zero-order valence-electron chi connectivity index (χ0n) is 11.3. The summed E-state index contributed by atoms with van der Waals surface area (Å²) in [5.74, 6) is 0. The summed E-state index contributed by atoms with van der Waals surface area (Å²) in [5, 5.41) is 13.1. The summed E-state index contributed by atoms with van der Waals surface area (Å²) in [6, 6.07) is 12.2. The first kappa shape index (κ1) is 15.7. The maximum absolute atomic E-state index is 10.2. The van der Waals surface area contributed by atoms with E-state index in [1.807, 2.05) is 29.6 Å². The second kappa shape index (κ2) is 8.57. The summed E-state index contributed by atoms with van der Waals surface area (Å²) in [5.41, 5.74) is 2.28. The molecule has 2 nitrogen and oxygen atoms in total. The first-order valence-electron chi connectivity index (χ1n) is 6.73. The van der Waals surface area contributed by atoms with Gasteiger partial charge >= 0.3 is 0 Å². The summed E-state index contributed by atoms with van der Waals surface area (Å²) in [6.07, 6.45) is 1.39. The van der Waals surface area contributed by atoms with Gasteiger partial charge in [0.25, 0.3) is 0 Å². The van der Waals surface area contributed by atoms with Gasteiger partial charge in [0.1, 0.15) is 0 Å². The van der Waals surface area contributed by atoms with Gasteiger partial charge in [0.15, 0.2) is 0 Å². The van der Waals surface area contributed by atoms with E-state index in [1.165, 1.54) is 5.56 Å². The first-order chi connectivity index (χ1) is 9.81. The molecule has 20 heavy (non-hydrogen) atoms. The predicted octanol–water partition coefficient (Wildman–Crippen LogP) is 4.67. The minimum absolute atomic E-state index is 0.372. The summed E-state index contributed by atoms with van der Waals surface area (Å²) in [4.78, 5) is 1.04. The third kappa shape index (κ3) is 4.70. The van der Waals surface area contributed by atoms with E-state index in [9.17, 15) is 5.11 Å². The minimum Gasteiger partial charge on any atom is -0.388 e. The molecule has 0 amide bonds. The molecule has 4 heteroatoms. The SMILES string of the molecule is OC(CCCBr)c1sccc1COCc1ccccc1. The summed E-state index contributed by atoms with van der Waals surface area (Å²) in [6.45, 7) is 1.16. The molecule has 2 rings (SSSR count). The lowest BCUT2D eigenvalue weighted by Crippen LogP contribution is -2.01. The number of thiophene rings is 1. The van der Waals surface area contributed by atoms with E-state index in [0.29, 0.717) is 13.2 Å². The molecule has 0 fully saturated rings. The van der Waals surface area contributed by atoms with Gasteiger partial charge < -0.3 is 9.84 Å². The molecule has 0 saturated heterocycles. The number of hydrogen-bond donors (Lipinski definition) is 1. The highest BCUT2D eigenvalue weighted by atomic mass is 79.9. The van der Waals surface area contributed by atoms with Crippen molar-refractivity contribution in [1.82, 2.24) is 0 Å². The van der Waals surface area contributed by atoms with Crippen molar-refractivity contribution in [3.05, 3.63) is 57.8 Å². The number of aliphatic hydroxyl groups is 1. The van der Waals surface area contributed by atoms with Crippen molar-refractivity contribution in [3.8, 4) is 0 Å². The predicted molar refractivity (Wildman–Crippen MR) is 87.2 cm³/mol. The van der Waals surface area contributed by atoms with Crippen LogP contribution in [0.5, 0.6) is 0 Å². The van der Waals surface area contributed by atoms with Gasteiger partial charge in [0.05, 0.1) is 19.3 Å². The lowest BCUT2D eigenvalue weighted by atomic mass is 10.1. The number of ether oxygens (including phenoxy) is 1. The highest BCUT2D eigenvalue weighted by Crippen LogP contribution is 2.28. The van der Waals surface area contributed by atoms with Gasteiger partial charge in [-0.25, -0.2) is 0 Å². The van der Waals surface area contributed by atoms with Crippen LogP contribution in [0.25, 0.3) is 0 Å². The Morgan fingerprint density at radius 2 is 1.95 bits per heavy atom.